The third kappa shape index (κ3) is 50.1. The van der Waals surface area contributed by atoms with Crippen LogP contribution in [-0.4, -0.2) is 314 Å². The molecule has 1 aromatic rings. The Labute approximate surface area is 791 Å². The minimum atomic E-state index is -1.31. The molecule has 3 heterocycles. The van der Waals surface area contributed by atoms with E-state index in [0.29, 0.717) is 90.0 Å². The van der Waals surface area contributed by atoms with E-state index in [2.05, 4.69) is 53.2 Å². The minimum Gasteiger partial charge on any atom is -0.463 e. The summed E-state index contributed by atoms with van der Waals surface area (Å²) in [6.45, 7) is 13.8. The van der Waals surface area contributed by atoms with Crippen LogP contribution in [0.3, 0.4) is 0 Å². The molecule has 3 aliphatic heterocycles. The molecule has 3 aliphatic rings. The van der Waals surface area contributed by atoms with E-state index in [4.69, 9.17) is 75.8 Å². The number of nitrogens with zero attached hydrogens (tertiary/aromatic N) is 1. The van der Waals surface area contributed by atoms with Crippen LogP contribution < -0.4 is 53.2 Å². The van der Waals surface area contributed by atoms with Gasteiger partial charge in [0.2, 0.25) is 53.2 Å². The number of benzene rings is 1. The van der Waals surface area contributed by atoms with Gasteiger partial charge in [-0.25, -0.2) is 0 Å². The molecular formula is C90H141N11O35. The van der Waals surface area contributed by atoms with E-state index in [9.17, 15) is 91.1 Å². The summed E-state index contributed by atoms with van der Waals surface area (Å²) in [4.78, 5) is 241. The maximum absolute atomic E-state index is 14.6. The maximum atomic E-state index is 14.6. The van der Waals surface area contributed by atoms with Gasteiger partial charge in [-0.3, -0.25) is 96.0 Å². The highest BCUT2D eigenvalue weighted by molar-refractivity contribution is 5.84. The molecule has 46 nitrogen and oxygen atoms in total. The monoisotopic (exact) mass is 1940 g/mol. The topological polar surface area (TPSA) is 596 Å². The molecule has 1 aromatic carbocycles. The Hall–Kier alpha value is -11.2. The lowest BCUT2D eigenvalue weighted by molar-refractivity contribution is -0.277. The van der Waals surface area contributed by atoms with E-state index in [-0.39, 0.29) is 154 Å². The number of carbonyl (C=O) groups is 19. The van der Waals surface area contributed by atoms with Gasteiger partial charge in [-0.2, -0.15) is 0 Å². The molecule has 4 rings (SSSR count). The number of esters is 10. The van der Waals surface area contributed by atoms with Crippen molar-refractivity contribution >= 4 is 113 Å². The highest BCUT2D eigenvalue weighted by Gasteiger charge is 2.55. The second-order valence-corrected chi connectivity index (χ2v) is 32.7. The van der Waals surface area contributed by atoms with Crippen LogP contribution in [-0.2, 0) is 173 Å². The summed E-state index contributed by atoms with van der Waals surface area (Å²) in [6.07, 6.45) is -8.58. The van der Waals surface area contributed by atoms with Gasteiger partial charge in [-0.15, -0.1) is 0 Å². The van der Waals surface area contributed by atoms with E-state index in [1.54, 1.807) is 4.90 Å². The largest absolute Gasteiger partial charge is 0.463 e. The van der Waals surface area contributed by atoms with Gasteiger partial charge in [0.25, 0.3) is 0 Å². The van der Waals surface area contributed by atoms with Gasteiger partial charge < -0.3 is 129 Å². The molecule has 0 radical (unpaired) electrons. The Morgan fingerprint density at radius 1 is 0.324 bits per heavy atom. The summed E-state index contributed by atoms with van der Waals surface area (Å²) in [5.74, 6) is -10.7. The predicted molar refractivity (Wildman–Crippen MR) is 474 cm³/mol. The first-order valence-electron chi connectivity index (χ1n) is 46.1. The number of carbonyl (C=O) groups excluding carboxylic acids is 19. The summed E-state index contributed by atoms with van der Waals surface area (Å²) in [5.41, 5.74) is 0.818. The van der Waals surface area contributed by atoms with Crippen LogP contribution in [0.4, 0.5) is 0 Å². The molecule has 10 N–H and O–H groups in total. The van der Waals surface area contributed by atoms with E-state index in [1.165, 1.54) is 20.8 Å². The average Bonchev–Trinajstić information content (AvgIpc) is 0.794. The Balaban J connectivity index is 1.42. The number of nitrogens with one attached hydrogen (secondary N) is 10. The maximum Gasteiger partial charge on any atom is 0.306 e. The predicted octanol–water partition coefficient (Wildman–Crippen LogP) is 0.855. The van der Waals surface area contributed by atoms with Crippen molar-refractivity contribution < 1.29 is 167 Å². The Morgan fingerprint density at radius 2 is 0.647 bits per heavy atom. The minimum absolute atomic E-state index is 0.0186. The van der Waals surface area contributed by atoms with Crippen molar-refractivity contribution in [2.24, 2.45) is 0 Å². The summed E-state index contributed by atoms with van der Waals surface area (Å²) >= 11 is 0. The second kappa shape index (κ2) is 66.3. The van der Waals surface area contributed by atoms with E-state index in [1.807, 2.05) is 30.3 Å². The highest BCUT2D eigenvalue weighted by Crippen LogP contribution is 2.32. The normalized spacial score (nSPS) is 21.3. The van der Waals surface area contributed by atoms with E-state index < -0.39 is 207 Å². The number of unbranched alkanes of at least 4 members (excludes halogenated alkanes) is 7. The lowest BCUT2D eigenvalue weighted by Gasteiger charge is -2.44. The summed E-state index contributed by atoms with van der Waals surface area (Å²) < 4.78 is 90.1. The van der Waals surface area contributed by atoms with Crippen molar-refractivity contribution in [3.05, 3.63) is 35.9 Å². The third-order valence-electron chi connectivity index (χ3n) is 20.7. The molecule has 766 valence electrons. The molecule has 136 heavy (non-hydrogen) atoms. The highest BCUT2D eigenvalue weighted by atomic mass is 16.7. The van der Waals surface area contributed by atoms with Crippen LogP contribution in [0.5, 0.6) is 0 Å². The molecule has 16 atom stereocenters. The number of hydrogen-bond acceptors (Lipinski definition) is 37. The molecule has 16 unspecified atom stereocenters. The first kappa shape index (κ1) is 117. The molecule has 0 bridgehead atoms. The fraction of sp³-hybridized carbons (Fsp3) is 0.722. The first-order chi connectivity index (χ1) is 64.8. The van der Waals surface area contributed by atoms with Crippen molar-refractivity contribution in [3.8, 4) is 0 Å². The zero-order valence-corrected chi connectivity index (χ0v) is 80.0. The molecule has 0 aromatic heterocycles. The van der Waals surface area contributed by atoms with Crippen molar-refractivity contribution in [2.45, 2.75) is 323 Å². The lowest BCUT2D eigenvalue weighted by atomic mass is 9.96. The van der Waals surface area contributed by atoms with Crippen molar-refractivity contribution in [1.29, 1.82) is 0 Å². The van der Waals surface area contributed by atoms with Crippen molar-refractivity contribution in [1.82, 2.24) is 58.1 Å². The lowest BCUT2D eigenvalue weighted by Crippen LogP contribution is -2.66. The zero-order chi connectivity index (χ0) is 100. The quantitative estimate of drug-likeness (QED) is 0.0187. The number of hydrogen-bond donors (Lipinski definition) is 10. The van der Waals surface area contributed by atoms with Gasteiger partial charge >= 0.3 is 59.7 Å². The SMILES string of the molecule is CC(=O)NC1C(OCCCCCC(=O)NCCCNCN(CC(=O)NCCCNC(=O)CCCCCOC2OC(COC(C)=O)C(OC(C)=O)C(OC(C)=O)C2NC(C)=O)C(CCCCNC(=O)CCCC(=O)OCc2ccccc2)C(=O)NCCCNC(=O)CCCCCOC2OC(COC(C)=O)C(OC(C)=O)C(OC(C)=O)C2NC(C)=O)OC(COC(C)=O)C(OC(C)=O)C1OC(C)=O. The smallest absolute Gasteiger partial charge is 0.306 e. The fourth-order valence-corrected chi connectivity index (χ4v) is 14.7. The van der Waals surface area contributed by atoms with Crippen LogP contribution in [0.25, 0.3) is 0 Å². The van der Waals surface area contributed by atoms with Gasteiger partial charge in [0, 0.05) is 181 Å². The van der Waals surface area contributed by atoms with E-state index in [0.717, 1.165) is 67.9 Å². The van der Waals surface area contributed by atoms with Crippen LogP contribution in [0, 0.1) is 0 Å². The number of ether oxygens (including phenoxy) is 16. The van der Waals surface area contributed by atoms with Gasteiger partial charge in [-0.05, 0) is 95.6 Å². The van der Waals surface area contributed by atoms with Gasteiger partial charge in [0.05, 0.1) is 12.6 Å². The molecule has 0 saturated carbocycles. The number of amides is 9. The molecule has 46 heteroatoms. The van der Waals surface area contributed by atoms with Gasteiger partial charge in [0.1, 0.15) is 62.9 Å². The zero-order valence-electron chi connectivity index (χ0n) is 80.0. The first-order valence-corrected chi connectivity index (χ1v) is 46.1. The molecule has 3 fully saturated rings. The second-order valence-electron chi connectivity index (χ2n) is 32.7. The summed E-state index contributed by atoms with van der Waals surface area (Å²) in [5, 5.41) is 28.6. The van der Waals surface area contributed by atoms with Crippen molar-refractivity contribution in [3.63, 3.8) is 0 Å². The summed E-state index contributed by atoms with van der Waals surface area (Å²) in [6, 6.07) is 4.70. The molecule has 0 aliphatic carbocycles. The Morgan fingerprint density at radius 3 is 0.993 bits per heavy atom. The Bertz CT molecular complexity index is 3980. The molecule has 3 saturated heterocycles. The van der Waals surface area contributed by atoms with Crippen LogP contribution in [0.1, 0.15) is 223 Å². The van der Waals surface area contributed by atoms with Gasteiger partial charge in [-0.1, -0.05) is 49.6 Å². The van der Waals surface area contributed by atoms with Crippen LogP contribution >= 0.6 is 0 Å². The third-order valence-corrected chi connectivity index (χ3v) is 20.7. The molecule has 9 amide bonds. The Kier molecular flexibility index (Phi) is 57.1. The average molecular weight is 1940 g/mol. The molecular weight excluding hydrogens is 1800 g/mol. The van der Waals surface area contributed by atoms with Gasteiger partial charge in [0.15, 0.2) is 55.5 Å². The number of rotatable bonds is 65. The van der Waals surface area contributed by atoms with Crippen molar-refractivity contribution in [2.75, 3.05) is 98.7 Å². The van der Waals surface area contributed by atoms with Crippen LogP contribution in [0.2, 0.25) is 0 Å². The summed E-state index contributed by atoms with van der Waals surface area (Å²) in [7, 11) is 0. The standard InChI is InChI=1S/C90H141N11O35/c1-55(102)98-78-84(131-64(10)111)81(128-61(7)108)69(51-124-58(4)105)134-88(78)121-46-24-14-19-34-72(114)93-41-28-39-91-54-101(49-76(118)96-44-29-42-94-73(115)35-20-15-25-47-122-89-79(99-56(2)103)85(132-65(11)112)82(129-62(8)109)70(135-89)52-125-59(5)106)68(33-22-23-40-92-75(117)37-27-38-77(119)127-50-67-31-17-13-18-32-67)87(120)97-45-30-43-95-74(116)36-21-16-26-48-123-90-80(100-57(3)104)86(133-66(12)113)83(130-63(9)110)71(136-90)53-126-60(6)107/h13,17-18,31-32,68-71,78-86,88-91H,14-16,19-30,33-54H2,1-12H3,(H,92,117)(H,93,114)(H,94,115)(H,95,116)(H,96,118)(H,97,120)(H,98,102)(H,99,103)(H,100,104). The van der Waals surface area contributed by atoms with E-state index >= 15 is 0 Å². The molecule has 0 spiro atoms. The fourth-order valence-electron chi connectivity index (χ4n) is 14.7. The van der Waals surface area contributed by atoms with Crippen LogP contribution in [0.15, 0.2) is 30.3 Å².